The summed E-state index contributed by atoms with van der Waals surface area (Å²) in [4.78, 5) is 15.8. The molecule has 0 N–H and O–H groups in total. The fourth-order valence-electron chi connectivity index (χ4n) is 3.92. The molecule has 3 aromatic carbocycles. The van der Waals surface area contributed by atoms with E-state index in [1.54, 1.807) is 11.8 Å². The van der Waals surface area contributed by atoms with Crippen LogP contribution in [0.15, 0.2) is 107 Å². The second kappa shape index (κ2) is 9.00. The van der Waals surface area contributed by atoms with Gasteiger partial charge in [-0.25, -0.2) is 9.80 Å². The maximum atomic E-state index is 13.0. The Bertz CT molecular complexity index is 1220. The van der Waals surface area contributed by atoms with Crippen molar-refractivity contribution in [2.24, 2.45) is 5.10 Å². The molecule has 0 aromatic heterocycles. The number of esters is 1. The third-order valence-corrected chi connectivity index (χ3v) is 8.29. The number of hydrazone groups is 1. The van der Waals surface area contributed by atoms with Crippen LogP contribution in [0.25, 0.3) is 0 Å². The van der Waals surface area contributed by atoms with Crippen LogP contribution in [-0.4, -0.2) is 21.9 Å². The quantitative estimate of drug-likeness (QED) is 0.408. The van der Waals surface area contributed by atoms with Crippen molar-refractivity contribution >= 4 is 45.9 Å². The van der Waals surface area contributed by atoms with Crippen LogP contribution in [0.1, 0.15) is 19.4 Å². The van der Waals surface area contributed by atoms with E-state index in [2.05, 4.69) is 29.2 Å². The van der Waals surface area contributed by atoms with E-state index >= 15 is 0 Å². The van der Waals surface area contributed by atoms with Gasteiger partial charge in [0, 0.05) is 16.9 Å². The molecule has 33 heavy (non-hydrogen) atoms. The van der Waals surface area contributed by atoms with Gasteiger partial charge in [-0.15, -0.1) is 0 Å². The predicted octanol–water partition coefficient (Wildman–Crippen LogP) is 6.26. The van der Waals surface area contributed by atoms with E-state index in [4.69, 9.17) is 9.84 Å². The molecule has 1 atom stereocenters. The van der Waals surface area contributed by atoms with Gasteiger partial charge in [-0.2, -0.15) is 5.10 Å². The van der Waals surface area contributed by atoms with E-state index in [-0.39, 0.29) is 5.97 Å². The number of carbonyl (C=O) groups is 1. The largest absolute Gasteiger partial charge is 0.462 e. The molecule has 5 nitrogen and oxygen atoms in total. The first-order chi connectivity index (χ1) is 16.1. The minimum Gasteiger partial charge on any atom is -0.462 e. The predicted molar refractivity (Wildman–Crippen MR) is 138 cm³/mol. The summed E-state index contributed by atoms with van der Waals surface area (Å²) in [6.07, 6.45) is 0. The van der Waals surface area contributed by atoms with E-state index in [0.29, 0.717) is 11.5 Å². The van der Waals surface area contributed by atoms with Crippen molar-refractivity contribution in [1.82, 2.24) is 0 Å². The summed E-state index contributed by atoms with van der Waals surface area (Å²) in [5.74, 6) is -0.306. The molecule has 3 aromatic rings. The van der Waals surface area contributed by atoms with Gasteiger partial charge in [-0.3, -0.25) is 0 Å². The average molecular weight is 474 g/mol. The molecule has 1 spiro atoms. The Morgan fingerprint density at radius 1 is 0.879 bits per heavy atom. The fraction of sp³-hybridized carbons (Fsp3) is 0.154. The Morgan fingerprint density at radius 2 is 1.45 bits per heavy atom. The Labute approximate surface area is 202 Å². The summed E-state index contributed by atoms with van der Waals surface area (Å²) in [5.41, 5.74) is 3.82. The molecule has 2 aliphatic rings. The van der Waals surface area contributed by atoms with Crippen LogP contribution >= 0.6 is 23.5 Å². The van der Waals surface area contributed by atoms with Crippen LogP contribution in [0.3, 0.4) is 0 Å². The third-order valence-electron chi connectivity index (χ3n) is 5.37. The first-order valence-corrected chi connectivity index (χ1v) is 12.4. The maximum absolute atomic E-state index is 13.0. The molecule has 0 amide bonds. The second-order valence-electron chi connectivity index (χ2n) is 7.48. The van der Waals surface area contributed by atoms with Crippen molar-refractivity contribution in [3.8, 4) is 0 Å². The lowest BCUT2D eigenvalue weighted by molar-refractivity contribution is -0.137. The Hall–Kier alpha value is -3.16. The maximum Gasteiger partial charge on any atom is 0.346 e. The SMILES string of the molecule is CCOC(=O)C1=C(C)N(c2ccccc2)[C@@]2(SC(c3ccccc3)=NN2c2ccccc2)S1. The number of benzene rings is 3. The summed E-state index contributed by atoms with van der Waals surface area (Å²) < 4.78 is 4.68. The number of thioether (sulfide) groups is 2. The number of para-hydroxylation sites is 2. The van der Waals surface area contributed by atoms with Gasteiger partial charge in [-0.1, -0.05) is 78.5 Å². The topological polar surface area (TPSA) is 45.1 Å². The minimum absolute atomic E-state index is 0.306. The van der Waals surface area contributed by atoms with Crippen molar-refractivity contribution in [2.75, 3.05) is 16.5 Å². The smallest absolute Gasteiger partial charge is 0.346 e. The number of ether oxygens (including phenoxy) is 1. The first kappa shape index (κ1) is 21.7. The highest BCUT2D eigenvalue weighted by Crippen LogP contribution is 2.60. The van der Waals surface area contributed by atoms with Gasteiger partial charge in [0.15, 0.2) is 0 Å². The average Bonchev–Trinajstić information content (AvgIpc) is 3.38. The van der Waals surface area contributed by atoms with Crippen molar-refractivity contribution in [3.63, 3.8) is 0 Å². The lowest BCUT2D eigenvalue weighted by Crippen LogP contribution is -2.49. The molecular weight excluding hydrogens is 450 g/mol. The van der Waals surface area contributed by atoms with E-state index < -0.39 is 4.33 Å². The van der Waals surface area contributed by atoms with Gasteiger partial charge < -0.3 is 9.64 Å². The molecule has 166 valence electrons. The molecule has 2 heterocycles. The Morgan fingerprint density at radius 3 is 2.06 bits per heavy atom. The highest BCUT2D eigenvalue weighted by atomic mass is 32.2. The Balaban J connectivity index is 1.68. The summed E-state index contributed by atoms with van der Waals surface area (Å²) in [6, 6.07) is 30.4. The van der Waals surface area contributed by atoms with Crippen LogP contribution in [0, 0.1) is 0 Å². The molecule has 0 radical (unpaired) electrons. The zero-order valence-corrected chi connectivity index (χ0v) is 20.0. The van der Waals surface area contributed by atoms with Crippen molar-refractivity contribution < 1.29 is 9.53 Å². The van der Waals surface area contributed by atoms with Crippen LogP contribution in [0.5, 0.6) is 0 Å². The van der Waals surface area contributed by atoms with Crippen LogP contribution in [0.4, 0.5) is 11.4 Å². The number of carbonyl (C=O) groups excluding carboxylic acids is 1. The lowest BCUT2D eigenvalue weighted by atomic mass is 10.2. The van der Waals surface area contributed by atoms with Gasteiger partial charge >= 0.3 is 5.97 Å². The van der Waals surface area contributed by atoms with Crippen LogP contribution in [0.2, 0.25) is 0 Å². The normalized spacial score (nSPS) is 19.9. The lowest BCUT2D eigenvalue weighted by Gasteiger charge is -2.41. The molecule has 0 saturated carbocycles. The van der Waals surface area contributed by atoms with E-state index in [1.807, 2.05) is 85.6 Å². The zero-order valence-electron chi connectivity index (χ0n) is 18.3. The first-order valence-electron chi connectivity index (χ1n) is 10.7. The number of rotatable bonds is 5. The van der Waals surface area contributed by atoms with Gasteiger partial charge in [0.05, 0.1) is 12.3 Å². The number of hydrogen-bond acceptors (Lipinski definition) is 7. The number of hydrogen-bond donors (Lipinski definition) is 0. The fourth-order valence-corrected chi connectivity index (χ4v) is 6.98. The Kier molecular flexibility index (Phi) is 5.91. The molecule has 0 unspecified atom stereocenters. The highest BCUT2D eigenvalue weighted by Gasteiger charge is 2.57. The molecule has 0 bridgehead atoms. The zero-order chi connectivity index (χ0) is 22.8. The summed E-state index contributed by atoms with van der Waals surface area (Å²) in [7, 11) is 0. The van der Waals surface area contributed by atoms with Crippen LogP contribution in [-0.2, 0) is 9.53 Å². The standard InChI is InChI=1S/C26H23N3O2S2/c1-3-31-25(30)23-19(2)28(21-15-9-5-10-16-21)26(32-23)29(22-17-11-6-12-18-22)27-24(33-26)20-13-7-4-8-14-20/h4-18H,3H2,1-2H3/t26-/m0/s1. The summed E-state index contributed by atoms with van der Waals surface area (Å²) in [5, 5.41) is 8.00. The molecule has 0 saturated heterocycles. The number of nitrogens with zero attached hydrogens (tertiary/aromatic N) is 3. The monoisotopic (exact) mass is 473 g/mol. The third kappa shape index (κ3) is 3.81. The van der Waals surface area contributed by atoms with Crippen molar-refractivity contribution in [2.45, 2.75) is 18.2 Å². The van der Waals surface area contributed by atoms with Gasteiger partial charge in [0.1, 0.15) is 9.95 Å². The molecule has 0 fully saturated rings. The van der Waals surface area contributed by atoms with Crippen molar-refractivity contribution in [1.29, 1.82) is 0 Å². The number of anilines is 2. The molecule has 5 rings (SSSR count). The molecule has 2 aliphatic heterocycles. The van der Waals surface area contributed by atoms with Gasteiger partial charge in [0.25, 0.3) is 0 Å². The number of allylic oxidation sites excluding steroid dienone is 1. The van der Waals surface area contributed by atoms with Crippen molar-refractivity contribution in [3.05, 3.63) is 107 Å². The summed E-state index contributed by atoms with van der Waals surface area (Å²) in [6.45, 7) is 4.14. The molecule has 0 aliphatic carbocycles. The molecule has 7 heteroatoms. The van der Waals surface area contributed by atoms with Gasteiger partial charge in [0.2, 0.25) is 4.33 Å². The minimum atomic E-state index is -0.750. The second-order valence-corrected chi connectivity index (χ2v) is 10.1. The highest BCUT2D eigenvalue weighted by molar-refractivity contribution is 8.28. The van der Waals surface area contributed by atoms with Gasteiger partial charge in [-0.05, 0) is 49.9 Å². The van der Waals surface area contributed by atoms with E-state index in [9.17, 15) is 4.79 Å². The van der Waals surface area contributed by atoms with E-state index in [1.165, 1.54) is 11.8 Å². The summed E-state index contributed by atoms with van der Waals surface area (Å²) >= 11 is 3.12. The van der Waals surface area contributed by atoms with E-state index in [0.717, 1.165) is 27.7 Å². The van der Waals surface area contributed by atoms with Crippen LogP contribution < -0.4 is 9.91 Å². The molecular formula is C26H23N3O2S2.